The van der Waals surface area contributed by atoms with Gasteiger partial charge in [-0.1, -0.05) is 82.6 Å². The fourth-order valence-electron chi connectivity index (χ4n) is 4.55. The number of hydrogen-bond acceptors (Lipinski definition) is 5. The molecule has 0 heterocycles. The number of rotatable bonds is 30. The fourth-order valence-corrected chi connectivity index (χ4v) is 4.55. The van der Waals surface area contributed by atoms with E-state index in [9.17, 15) is 9.59 Å². The van der Waals surface area contributed by atoms with Crippen LogP contribution in [0.5, 0.6) is 0 Å². The highest BCUT2D eigenvalue weighted by Gasteiger charge is 2.07. The second kappa shape index (κ2) is 31.1. The standard InChI is InChI=1S/C34H64N2O3/c1-4-5-6-7-8-9-10-11-12-13-14-15-16-17-20-26-33-39-34(38)27-22-21-24-29-36(31-30-35(2)3)28-23-18-19-25-32-37/h8-9,11-12,32H,4-7,10,13-31,33H2,1-3H3/b9-8-,12-11-. The first kappa shape index (κ1) is 37.5. The first-order valence-electron chi connectivity index (χ1n) is 16.4. The van der Waals surface area contributed by atoms with Crippen LogP contribution in [0.2, 0.25) is 0 Å². The summed E-state index contributed by atoms with van der Waals surface area (Å²) < 4.78 is 5.44. The Hall–Kier alpha value is -1.46. The molecule has 0 bridgehead atoms. The average Bonchev–Trinajstić information content (AvgIpc) is 2.92. The van der Waals surface area contributed by atoms with Gasteiger partial charge in [0.05, 0.1) is 6.61 Å². The van der Waals surface area contributed by atoms with Crippen LogP contribution in [0.3, 0.4) is 0 Å². The Balaban J connectivity index is 3.58. The first-order chi connectivity index (χ1) is 19.1. The van der Waals surface area contributed by atoms with Crippen molar-refractivity contribution in [3.05, 3.63) is 24.3 Å². The van der Waals surface area contributed by atoms with Crippen molar-refractivity contribution in [3.63, 3.8) is 0 Å². The molecule has 0 aliphatic heterocycles. The van der Waals surface area contributed by atoms with Crippen molar-refractivity contribution in [1.82, 2.24) is 9.80 Å². The van der Waals surface area contributed by atoms with E-state index in [4.69, 9.17) is 4.74 Å². The van der Waals surface area contributed by atoms with Crippen molar-refractivity contribution < 1.29 is 14.3 Å². The van der Waals surface area contributed by atoms with Crippen molar-refractivity contribution in [1.29, 1.82) is 0 Å². The van der Waals surface area contributed by atoms with Crippen LogP contribution in [0, 0.1) is 0 Å². The molecule has 0 unspecified atom stereocenters. The van der Waals surface area contributed by atoms with Gasteiger partial charge in [-0.25, -0.2) is 0 Å². The smallest absolute Gasteiger partial charge is 0.305 e. The molecular weight excluding hydrogens is 484 g/mol. The third-order valence-electron chi connectivity index (χ3n) is 7.12. The van der Waals surface area contributed by atoms with E-state index >= 15 is 0 Å². The highest BCUT2D eigenvalue weighted by molar-refractivity contribution is 5.69. The van der Waals surface area contributed by atoms with E-state index in [0.717, 1.165) is 90.3 Å². The second-order valence-corrected chi connectivity index (χ2v) is 11.3. The van der Waals surface area contributed by atoms with Gasteiger partial charge in [0.1, 0.15) is 6.29 Å². The van der Waals surface area contributed by atoms with Crippen LogP contribution in [-0.2, 0) is 14.3 Å². The maximum Gasteiger partial charge on any atom is 0.305 e. The molecule has 0 aromatic heterocycles. The van der Waals surface area contributed by atoms with Crippen molar-refractivity contribution >= 4 is 12.3 Å². The molecule has 5 nitrogen and oxygen atoms in total. The Morgan fingerprint density at radius 2 is 1.18 bits per heavy atom. The van der Waals surface area contributed by atoms with Gasteiger partial charge < -0.3 is 19.3 Å². The Kier molecular flexibility index (Phi) is 29.9. The minimum absolute atomic E-state index is 0.0303. The second-order valence-electron chi connectivity index (χ2n) is 11.3. The minimum Gasteiger partial charge on any atom is -0.466 e. The van der Waals surface area contributed by atoms with Gasteiger partial charge in [0, 0.05) is 25.9 Å². The molecule has 0 amide bonds. The van der Waals surface area contributed by atoms with Gasteiger partial charge in [-0.3, -0.25) is 4.79 Å². The molecule has 0 atom stereocenters. The summed E-state index contributed by atoms with van der Waals surface area (Å²) in [6, 6.07) is 0. The summed E-state index contributed by atoms with van der Waals surface area (Å²) in [4.78, 5) is 27.3. The van der Waals surface area contributed by atoms with E-state index in [0.29, 0.717) is 19.4 Å². The molecule has 0 aliphatic rings. The third-order valence-corrected chi connectivity index (χ3v) is 7.12. The van der Waals surface area contributed by atoms with Crippen LogP contribution >= 0.6 is 0 Å². The average molecular weight is 549 g/mol. The SMILES string of the molecule is CCCCC/C=C\C/C=C\CCCCCCCCOC(=O)CCCCCN(CCCCCC=O)CCN(C)C. The summed E-state index contributed by atoms with van der Waals surface area (Å²) in [6.07, 6.45) is 32.6. The Labute approximate surface area is 242 Å². The normalized spacial score (nSPS) is 11.9. The predicted octanol–water partition coefficient (Wildman–Crippen LogP) is 8.53. The van der Waals surface area contributed by atoms with Crippen molar-refractivity contribution in [2.75, 3.05) is 46.9 Å². The van der Waals surface area contributed by atoms with Crippen LogP contribution in [0.25, 0.3) is 0 Å². The third kappa shape index (κ3) is 30.9. The summed E-state index contributed by atoms with van der Waals surface area (Å²) in [5.74, 6) is -0.0303. The molecule has 0 aromatic rings. The molecule has 0 saturated carbocycles. The molecule has 0 spiro atoms. The van der Waals surface area contributed by atoms with Crippen molar-refractivity contribution in [3.8, 4) is 0 Å². The molecule has 5 heteroatoms. The van der Waals surface area contributed by atoms with Crippen molar-refractivity contribution in [2.45, 2.75) is 135 Å². The van der Waals surface area contributed by atoms with Gasteiger partial charge in [0.15, 0.2) is 0 Å². The van der Waals surface area contributed by atoms with E-state index < -0.39 is 0 Å². The van der Waals surface area contributed by atoms with Gasteiger partial charge in [-0.05, 0) is 91.4 Å². The summed E-state index contributed by atoms with van der Waals surface area (Å²) in [5.41, 5.74) is 0. The van der Waals surface area contributed by atoms with Crippen LogP contribution < -0.4 is 0 Å². The van der Waals surface area contributed by atoms with E-state index in [1.54, 1.807) is 0 Å². The van der Waals surface area contributed by atoms with E-state index in [2.05, 4.69) is 55.1 Å². The number of carbonyl (C=O) groups is 2. The quantitative estimate of drug-likeness (QED) is 0.0390. The highest BCUT2D eigenvalue weighted by atomic mass is 16.5. The zero-order valence-corrected chi connectivity index (χ0v) is 26.2. The summed E-state index contributed by atoms with van der Waals surface area (Å²) in [7, 11) is 4.23. The number of likely N-dealkylation sites (N-methyl/N-ethyl adjacent to an activating group) is 1. The van der Waals surface area contributed by atoms with Gasteiger partial charge in [0.2, 0.25) is 0 Å². The van der Waals surface area contributed by atoms with E-state index in [-0.39, 0.29) is 5.97 Å². The number of nitrogens with zero attached hydrogens (tertiary/aromatic N) is 2. The van der Waals surface area contributed by atoms with Crippen LogP contribution in [0.15, 0.2) is 24.3 Å². The van der Waals surface area contributed by atoms with Crippen LogP contribution in [-0.4, -0.2) is 68.9 Å². The van der Waals surface area contributed by atoms with Gasteiger partial charge in [-0.15, -0.1) is 0 Å². The van der Waals surface area contributed by atoms with Gasteiger partial charge >= 0.3 is 5.97 Å². The molecule has 0 N–H and O–H groups in total. The zero-order chi connectivity index (χ0) is 28.7. The molecule has 0 aromatic carbocycles. The molecule has 0 fully saturated rings. The van der Waals surface area contributed by atoms with Gasteiger partial charge in [-0.2, -0.15) is 0 Å². The maximum absolute atomic E-state index is 12.0. The molecular formula is C34H64N2O3. The Morgan fingerprint density at radius 1 is 0.615 bits per heavy atom. The first-order valence-corrected chi connectivity index (χ1v) is 16.4. The lowest BCUT2D eigenvalue weighted by Gasteiger charge is -2.24. The number of aldehydes is 1. The summed E-state index contributed by atoms with van der Waals surface area (Å²) in [5, 5.41) is 0. The molecule has 39 heavy (non-hydrogen) atoms. The largest absolute Gasteiger partial charge is 0.466 e. The van der Waals surface area contributed by atoms with Crippen LogP contribution in [0.4, 0.5) is 0 Å². The number of allylic oxidation sites excluding steroid dienone is 4. The molecule has 0 saturated heterocycles. The fraction of sp³-hybridized carbons (Fsp3) is 0.824. The van der Waals surface area contributed by atoms with E-state index in [1.807, 2.05) is 0 Å². The lowest BCUT2D eigenvalue weighted by atomic mass is 10.1. The van der Waals surface area contributed by atoms with E-state index in [1.165, 1.54) is 57.8 Å². The molecule has 0 rings (SSSR count). The molecule has 0 aliphatic carbocycles. The topological polar surface area (TPSA) is 49.9 Å². The monoisotopic (exact) mass is 548 g/mol. The van der Waals surface area contributed by atoms with Crippen LogP contribution in [0.1, 0.15) is 135 Å². The highest BCUT2D eigenvalue weighted by Crippen LogP contribution is 2.10. The Bertz CT molecular complexity index is 589. The summed E-state index contributed by atoms with van der Waals surface area (Å²) in [6.45, 7) is 7.16. The summed E-state index contributed by atoms with van der Waals surface area (Å²) >= 11 is 0. The number of carbonyl (C=O) groups excluding carboxylic acids is 2. The minimum atomic E-state index is -0.0303. The van der Waals surface area contributed by atoms with Gasteiger partial charge in [0.25, 0.3) is 0 Å². The number of esters is 1. The zero-order valence-electron chi connectivity index (χ0n) is 26.2. The number of ether oxygens (including phenoxy) is 1. The molecule has 228 valence electrons. The Morgan fingerprint density at radius 3 is 1.82 bits per heavy atom. The lowest BCUT2D eigenvalue weighted by Crippen LogP contribution is -2.33. The number of unbranched alkanes of at least 4 members (excludes halogenated alkanes) is 14. The maximum atomic E-state index is 12.0. The predicted molar refractivity (Wildman–Crippen MR) is 168 cm³/mol. The van der Waals surface area contributed by atoms with Crippen molar-refractivity contribution in [2.24, 2.45) is 0 Å². The molecule has 0 radical (unpaired) electrons. The lowest BCUT2D eigenvalue weighted by molar-refractivity contribution is -0.143. The number of hydrogen-bond donors (Lipinski definition) is 0.